The first-order valence-electron chi connectivity index (χ1n) is 8.82. The SMILES string of the molecule is Cc1[nH]c2ccccc2c1C(=O)CN1C(=O)NC(C)(c2ccc(Cl)cc2)C1=O. The molecule has 0 radical (unpaired) electrons. The predicted octanol–water partition coefficient (Wildman–Crippen LogP) is 3.78. The van der Waals surface area contributed by atoms with Crippen LogP contribution in [0.5, 0.6) is 0 Å². The van der Waals surface area contributed by atoms with Gasteiger partial charge in [0.25, 0.3) is 5.91 Å². The molecule has 6 nitrogen and oxygen atoms in total. The molecule has 0 spiro atoms. The number of carbonyl (C=O) groups excluding carboxylic acids is 3. The average Bonchev–Trinajstić information content (AvgIpc) is 3.11. The molecule has 4 rings (SSSR count). The Bertz CT molecular complexity index is 1120. The first kappa shape index (κ1) is 18.3. The van der Waals surface area contributed by atoms with Crippen LogP contribution < -0.4 is 5.32 Å². The second kappa shape index (κ2) is 6.49. The number of aromatic amines is 1. The van der Waals surface area contributed by atoms with Gasteiger partial charge in [0.15, 0.2) is 5.78 Å². The van der Waals surface area contributed by atoms with Gasteiger partial charge in [-0.1, -0.05) is 41.9 Å². The van der Waals surface area contributed by atoms with Crippen molar-refractivity contribution in [2.24, 2.45) is 0 Å². The van der Waals surface area contributed by atoms with Crippen molar-refractivity contribution in [1.82, 2.24) is 15.2 Å². The number of H-pyrrole nitrogens is 1. The van der Waals surface area contributed by atoms with Crippen LogP contribution in [0.3, 0.4) is 0 Å². The number of nitrogens with one attached hydrogen (secondary N) is 2. The van der Waals surface area contributed by atoms with E-state index in [1.54, 1.807) is 38.1 Å². The number of fused-ring (bicyclic) bond motifs is 1. The summed E-state index contributed by atoms with van der Waals surface area (Å²) in [6.07, 6.45) is 0. The minimum atomic E-state index is -1.24. The second-order valence-corrected chi connectivity index (χ2v) is 7.48. The largest absolute Gasteiger partial charge is 0.358 e. The van der Waals surface area contributed by atoms with E-state index in [0.29, 0.717) is 21.8 Å². The topological polar surface area (TPSA) is 82.3 Å². The zero-order valence-electron chi connectivity index (χ0n) is 15.4. The highest BCUT2D eigenvalue weighted by molar-refractivity contribution is 6.30. The van der Waals surface area contributed by atoms with Crippen molar-refractivity contribution in [2.45, 2.75) is 19.4 Å². The van der Waals surface area contributed by atoms with Crippen LogP contribution in [-0.4, -0.2) is 34.2 Å². The molecule has 0 saturated carbocycles. The zero-order chi connectivity index (χ0) is 20.1. The summed E-state index contributed by atoms with van der Waals surface area (Å²) in [6, 6.07) is 13.5. The van der Waals surface area contributed by atoms with E-state index in [-0.39, 0.29) is 12.3 Å². The molecule has 3 aromatic rings. The molecule has 3 amide bonds. The highest BCUT2D eigenvalue weighted by Crippen LogP contribution is 2.30. The molecule has 1 unspecified atom stereocenters. The number of aromatic nitrogens is 1. The van der Waals surface area contributed by atoms with Gasteiger partial charge >= 0.3 is 6.03 Å². The maximum atomic E-state index is 13.0. The number of imide groups is 1. The fraction of sp³-hybridized carbons (Fsp3) is 0.190. The Kier molecular flexibility index (Phi) is 4.23. The smallest absolute Gasteiger partial charge is 0.325 e. The molecule has 1 aliphatic rings. The number of halogens is 1. The summed E-state index contributed by atoms with van der Waals surface area (Å²) in [5.41, 5.74) is 1.41. The number of nitrogens with zero attached hydrogens (tertiary/aromatic N) is 1. The molecule has 0 bridgehead atoms. The standard InChI is InChI=1S/C21H18ClN3O3/c1-12-18(15-5-3-4-6-16(15)23-12)17(26)11-25-19(27)21(2,24-20(25)28)13-7-9-14(22)10-8-13/h3-10,23H,11H2,1-2H3,(H,24,28). The van der Waals surface area contributed by atoms with Crippen LogP contribution in [-0.2, 0) is 10.3 Å². The van der Waals surface area contributed by atoms with E-state index in [1.807, 2.05) is 24.3 Å². The van der Waals surface area contributed by atoms with Gasteiger partial charge in [-0.05, 0) is 37.6 Å². The van der Waals surface area contributed by atoms with Gasteiger partial charge in [0.1, 0.15) is 5.54 Å². The Hall–Kier alpha value is -3.12. The van der Waals surface area contributed by atoms with Gasteiger partial charge in [-0.3, -0.25) is 14.5 Å². The molecule has 28 heavy (non-hydrogen) atoms. The molecular formula is C21H18ClN3O3. The van der Waals surface area contributed by atoms with Crippen LogP contribution in [0.2, 0.25) is 5.02 Å². The van der Waals surface area contributed by atoms with Crippen LogP contribution in [0.1, 0.15) is 28.5 Å². The van der Waals surface area contributed by atoms with Gasteiger partial charge in [-0.2, -0.15) is 0 Å². The number of rotatable bonds is 4. The van der Waals surface area contributed by atoms with Gasteiger partial charge in [0, 0.05) is 27.2 Å². The lowest BCUT2D eigenvalue weighted by molar-refractivity contribution is -0.130. The lowest BCUT2D eigenvalue weighted by Gasteiger charge is -2.22. The van der Waals surface area contributed by atoms with E-state index in [2.05, 4.69) is 10.3 Å². The summed E-state index contributed by atoms with van der Waals surface area (Å²) in [7, 11) is 0. The molecule has 0 aliphatic carbocycles. The second-order valence-electron chi connectivity index (χ2n) is 7.05. The van der Waals surface area contributed by atoms with Gasteiger partial charge in [-0.15, -0.1) is 0 Å². The Morgan fingerprint density at radius 1 is 1.11 bits per heavy atom. The van der Waals surface area contributed by atoms with E-state index >= 15 is 0 Å². The first-order chi connectivity index (χ1) is 13.3. The summed E-state index contributed by atoms with van der Waals surface area (Å²) in [5.74, 6) is -0.760. The number of para-hydroxylation sites is 1. The Labute approximate surface area is 166 Å². The fourth-order valence-corrected chi connectivity index (χ4v) is 3.80. The molecule has 1 fully saturated rings. The van der Waals surface area contributed by atoms with Gasteiger partial charge in [0.05, 0.1) is 6.54 Å². The van der Waals surface area contributed by atoms with E-state index < -0.39 is 17.5 Å². The minimum Gasteiger partial charge on any atom is -0.358 e. The third-order valence-electron chi connectivity index (χ3n) is 5.17. The third kappa shape index (κ3) is 2.77. The third-order valence-corrected chi connectivity index (χ3v) is 5.42. The fourth-order valence-electron chi connectivity index (χ4n) is 3.68. The molecule has 2 heterocycles. The van der Waals surface area contributed by atoms with Gasteiger partial charge in [-0.25, -0.2) is 4.79 Å². The molecule has 2 aromatic carbocycles. The number of carbonyl (C=O) groups is 3. The molecular weight excluding hydrogens is 378 g/mol. The van der Waals surface area contributed by atoms with E-state index in [4.69, 9.17) is 11.6 Å². The van der Waals surface area contributed by atoms with Crippen LogP contribution in [0, 0.1) is 6.92 Å². The molecule has 2 N–H and O–H groups in total. The van der Waals surface area contributed by atoms with Crippen molar-refractivity contribution in [2.75, 3.05) is 6.54 Å². The zero-order valence-corrected chi connectivity index (χ0v) is 16.1. The molecule has 1 aliphatic heterocycles. The summed E-state index contributed by atoms with van der Waals surface area (Å²) < 4.78 is 0. The number of hydrogen-bond donors (Lipinski definition) is 2. The van der Waals surface area contributed by atoms with Crippen molar-refractivity contribution < 1.29 is 14.4 Å². The number of aryl methyl sites for hydroxylation is 1. The molecule has 1 atom stereocenters. The van der Waals surface area contributed by atoms with Crippen molar-refractivity contribution >= 4 is 40.2 Å². The number of Topliss-reactive ketones (excluding diaryl/α,β-unsaturated/α-hetero) is 1. The minimum absolute atomic E-state index is 0.293. The van der Waals surface area contributed by atoms with Gasteiger partial charge in [0.2, 0.25) is 0 Å². The number of benzene rings is 2. The number of hydrogen-bond acceptors (Lipinski definition) is 3. The monoisotopic (exact) mass is 395 g/mol. The van der Waals surface area contributed by atoms with Crippen molar-refractivity contribution in [3.05, 3.63) is 70.4 Å². The Morgan fingerprint density at radius 3 is 2.50 bits per heavy atom. The van der Waals surface area contributed by atoms with E-state index in [1.165, 1.54) is 0 Å². The lowest BCUT2D eigenvalue weighted by Crippen LogP contribution is -2.41. The highest BCUT2D eigenvalue weighted by atomic mass is 35.5. The Balaban J connectivity index is 1.64. The molecule has 1 saturated heterocycles. The van der Waals surface area contributed by atoms with Crippen molar-refractivity contribution in [3.8, 4) is 0 Å². The van der Waals surface area contributed by atoms with Crippen LogP contribution in [0.15, 0.2) is 48.5 Å². The maximum absolute atomic E-state index is 13.0. The number of ketones is 1. The van der Waals surface area contributed by atoms with E-state index in [9.17, 15) is 14.4 Å². The van der Waals surface area contributed by atoms with Crippen LogP contribution in [0.25, 0.3) is 10.9 Å². The van der Waals surface area contributed by atoms with Crippen LogP contribution in [0.4, 0.5) is 4.79 Å². The predicted molar refractivity (Wildman–Crippen MR) is 106 cm³/mol. The Morgan fingerprint density at radius 2 is 1.79 bits per heavy atom. The van der Waals surface area contributed by atoms with E-state index in [0.717, 1.165) is 15.8 Å². The van der Waals surface area contributed by atoms with Crippen LogP contribution >= 0.6 is 11.6 Å². The van der Waals surface area contributed by atoms with Crippen molar-refractivity contribution in [1.29, 1.82) is 0 Å². The summed E-state index contributed by atoms with van der Waals surface area (Å²) >= 11 is 5.92. The maximum Gasteiger partial charge on any atom is 0.325 e. The lowest BCUT2D eigenvalue weighted by atomic mass is 9.92. The van der Waals surface area contributed by atoms with Crippen molar-refractivity contribution in [3.63, 3.8) is 0 Å². The molecule has 7 heteroatoms. The average molecular weight is 396 g/mol. The molecule has 142 valence electrons. The normalized spacial score (nSPS) is 19.3. The highest BCUT2D eigenvalue weighted by Gasteiger charge is 2.49. The van der Waals surface area contributed by atoms with Gasteiger partial charge < -0.3 is 10.3 Å². The number of urea groups is 1. The molecule has 1 aromatic heterocycles. The summed E-state index contributed by atoms with van der Waals surface area (Å²) in [6.45, 7) is 3.10. The summed E-state index contributed by atoms with van der Waals surface area (Å²) in [5, 5.41) is 4.01. The first-order valence-corrected chi connectivity index (χ1v) is 9.20. The number of amides is 3. The quantitative estimate of drug-likeness (QED) is 0.521. The summed E-state index contributed by atoms with van der Waals surface area (Å²) in [4.78, 5) is 42.6.